The number of aliphatic hydroxyl groups is 1. The number of ether oxygens (including phenoxy) is 1. The maximum atomic E-state index is 9.70. The number of carbonyl (C=O) groups excluding carboxylic acids is 2. The maximum absolute atomic E-state index is 9.70. The second kappa shape index (κ2) is 8.01. The molecule has 106 valence electrons. The van der Waals surface area contributed by atoms with Crippen molar-refractivity contribution in [2.45, 2.75) is 31.9 Å². The molecule has 19 heavy (non-hydrogen) atoms. The average molecular weight is 286 g/mol. The second-order valence-electron chi connectivity index (χ2n) is 4.21. The minimum absolute atomic E-state index is 0.250. The van der Waals surface area contributed by atoms with E-state index in [9.17, 15) is 5.11 Å². The Labute approximate surface area is 116 Å². The molecule has 0 bridgehead atoms. The van der Waals surface area contributed by atoms with E-state index in [0.717, 1.165) is 23.7 Å². The van der Waals surface area contributed by atoms with Gasteiger partial charge in [0.25, 0.3) is 0 Å². The van der Waals surface area contributed by atoms with Crippen LogP contribution in [0.25, 0.3) is 0 Å². The quantitative estimate of drug-likeness (QED) is 0.878. The van der Waals surface area contributed by atoms with Crippen molar-refractivity contribution in [3.63, 3.8) is 0 Å². The van der Waals surface area contributed by atoms with E-state index in [2.05, 4.69) is 22.2 Å². The maximum Gasteiger partial charge on any atom is 0.373 e. The molecule has 0 saturated carbocycles. The highest BCUT2D eigenvalue weighted by atomic mass is 32.1. The molecular weight excluding hydrogens is 268 g/mol. The molecule has 2 rings (SSSR count). The van der Waals surface area contributed by atoms with E-state index >= 15 is 0 Å². The highest BCUT2D eigenvalue weighted by molar-refractivity contribution is 7.13. The van der Waals surface area contributed by atoms with E-state index in [1.54, 1.807) is 18.4 Å². The summed E-state index contributed by atoms with van der Waals surface area (Å²) in [6.45, 7) is 3.42. The Morgan fingerprint density at radius 2 is 2.32 bits per heavy atom. The van der Waals surface area contributed by atoms with Crippen LogP contribution in [0.4, 0.5) is 5.13 Å². The lowest BCUT2D eigenvalue weighted by molar-refractivity contribution is -0.191. The lowest BCUT2D eigenvalue weighted by Gasteiger charge is -2.22. The first-order chi connectivity index (χ1) is 9.15. The summed E-state index contributed by atoms with van der Waals surface area (Å²) in [5.41, 5.74) is 1.12. The van der Waals surface area contributed by atoms with Crippen LogP contribution in [0.2, 0.25) is 0 Å². The predicted molar refractivity (Wildman–Crippen MR) is 70.1 cm³/mol. The van der Waals surface area contributed by atoms with Gasteiger partial charge < -0.3 is 14.7 Å². The first-order valence-electron chi connectivity index (χ1n) is 6.03. The van der Waals surface area contributed by atoms with Gasteiger partial charge in [-0.3, -0.25) is 0 Å². The molecule has 7 heteroatoms. The van der Waals surface area contributed by atoms with Gasteiger partial charge in [0, 0.05) is 19.0 Å². The fourth-order valence-corrected chi connectivity index (χ4v) is 3.06. The lowest BCUT2D eigenvalue weighted by atomic mass is 10.2. The Bertz CT molecular complexity index is 418. The zero-order chi connectivity index (χ0) is 14.3. The third-order valence-corrected chi connectivity index (χ3v) is 3.83. The first kappa shape index (κ1) is 15.8. The number of β-amino-alcohol motifs (C(OH)–C–C–N with tert-alkyl or cyclic N) is 1. The summed E-state index contributed by atoms with van der Waals surface area (Å²) in [6.07, 6.45) is 1.73. The van der Waals surface area contributed by atoms with Crippen LogP contribution >= 0.6 is 11.3 Å². The van der Waals surface area contributed by atoms with Gasteiger partial charge in [0.1, 0.15) is 0 Å². The highest BCUT2D eigenvalue weighted by Gasteiger charge is 2.32. The summed E-state index contributed by atoms with van der Waals surface area (Å²) >= 11 is 1.65. The molecule has 1 aliphatic rings. The van der Waals surface area contributed by atoms with Crippen LogP contribution in [-0.2, 0) is 20.7 Å². The number of aryl methyl sites for hydroxylation is 1. The van der Waals surface area contributed by atoms with Gasteiger partial charge in [0.15, 0.2) is 5.13 Å². The van der Waals surface area contributed by atoms with Crippen molar-refractivity contribution in [1.29, 1.82) is 0 Å². The topological polar surface area (TPSA) is 79.7 Å². The Morgan fingerprint density at radius 3 is 2.84 bits per heavy atom. The number of aliphatic hydroxyl groups excluding tert-OH is 1. The Morgan fingerprint density at radius 1 is 1.63 bits per heavy atom. The van der Waals surface area contributed by atoms with Gasteiger partial charge >= 0.3 is 6.15 Å². The van der Waals surface area contributed by atoms with E-state index in [1.807, 2.05) is 0 Å². The number of thiazole rings is 1. The van der Waals surface area contributed by atoms with Crippen LogP contribution in [0.5, 0.6) is 0 Å². The smallest absolute Gasteiger partial charge is 0.373 e. The number of anilines is 1. The third-order valence-electron chi connectivity index (χ3n) is 2.90. The molecule has 2 heterocycles. The Balaban J connectivity index is 0.000000550. The zero-order valence-electron chi connectivity index (χ0n) is 11.0. The average Bonchev–Trinajstić information content (AvgIpc) is 2.97. The fraction of sp³-hybridized carbons (Fsp3) is 0.667. The van der Waals surface area contributed by atoms with Gasteiger partial charge in [-0.1, -0.05) is 6.92 Å². The van der Waals surface area contributed by atoms with Gasteiger partial charge in [0.05, 0.1) is 24.4 Å². The molecule has 0 amide bonds. The van der Waals surface area contributed by atoms with Crippen molar-refractivity contribution >= 4 is 22.6 Å². The van der Waals surface area contributed by atoms with Crippen LogP contribution in [0, 0.1) is 0 Å². The summed E-state index contributed by atoms with van der Waals surface area (Å²) in [7, 11) is 1.70. The van der Waals surface area contributed by atoms with Crippen LogP contribution in [0.3, 0.4) is 0 Å². The number of hydrogen-bond acceptors (Lipinski definition) is 7. The minimum Gasteiger partial charge on any atom is -0.391 e. The van der Waals surface area contributed by atoms with Crippen molar-refractivity contribution < 1.29 is 19.4 Å². The molecule has 1 aromatic heterocycles. The fourth-order valence-electron chi connectivity index (χ4n) is 2.07. The molecular formula is C12H18N2O4S. The highest BCUT2D eigenvalue weighted by Crippen LogP contribution is 2.29. The lowest BCUT2D eigenvalue weighted by Crippen LogP contribution is -2.32. The summed E-state index contributed by atoms with van der Waals surface area (Å²) in [4.78, 5) is 23.0. The van der Waals surface area contributed by atoms with E-state index in [4.69, 9.17) is 14.3 Å². The van der Waals surface area contributed by atoms with Gasteiger partial charge in [-0.15, -0.1) is 11.3 Å². The van der Waals surface area contributed by atoms with E-state index in [0.29, 0.717) is 13.2 Å². The molecule has 0 spiro atoms. The molecule has 0 radical (unpaired) electrons. The van der Waals surface area contributed by atoms with Gasteiger partial charge in [-0.25, -0.2) is 4.98 Å². The standard InChI is InChI=1S/C11H18N2O2S.CO2/c1-3-8-7-16-11(12-8)13-5-10(14)4-9(13)6-15-2;2-1-3/h7,9-10,14H,3-6H2,1-2H3;/t9-,10-;/m1./s1. The Hall–Kier alpha value is -1.27. The van der Waals surface area contributed by atoms with Crippen molar-refractivity contribution in [3.05, 3.63) is 11.1 Å². The van der Waals surface area contributed by atoms with E-state index in [-0.39, 0.29) is 18.3 Å². The molecule has 6 nitrogen and oxygen atoms in total. The van der Waals surface area contributed by atoms with Crippen LogP contribution in [0.1, 0.15) is 19.0 Å². The molecule has 1 aromatic rings. The van der Waals surface area contributed by atoms with Crippen molar-refractivity contribution in [1.82, 2.24) is 4.98 Å². The first-order valence-corrected chi connectivity index (χ1v) is 6.91. The summed E-state index contributed by atoms with van der Waals surface area (Å²) < 4.78 is 5.18. The summed E-state index contributed by atoms with van der Waals surface area (Å²) in [5, 5.41) is 12.8. The van der Waals surface area contributed by atoms with Crippen molar-refractivity contribution in [2.24, 2.45) is 0 Å². The number of aromatic nitrogens is 1. The van der Waals surface area contributed by atoms with Gasteiger partial charge in [-0.05, 0) is 12.8 Å². The molecule has 1 aliphatic heterocycles. The van der Waals surface area contributed by atoms with E-state index in [1.165, 1.54) is 0 Å². The van der Waals surface area contributed by atoms with Gasteiger partial charge in [-0.2, -0.15) is 9.59 Å². The molecule has 1 N–H and O–H groups in total. The third kappa shape index (κ3) is 4.40. The molecule has 0 aliphatic carbocycles. The van der Waals surface area contributed by atoms with Crippen molar-refractivity contribution in [3.8, 4) is 0 Å². The van der Waals surface area contributed by atoms with Crippen LogP contribution in [0.15, 0.2) is 5.38 Å². The predicted octanol–water partition coefficient (Wildman–Crippen LogP) is 0.708. The molecule has 2 atom stereocenters. The number of hydrogen-bond donors (Lipinski definition) is 1. The van der Waals surface area contributed by atoms with Crippen molar-refractivity contribution in [2.75, 3.05) is 25.2 Å². The number of rotatable bonds is 4. The molecule has 1 fully saturated rings. The van der Waals surface area contributed by atoms with Crippen LogP contribution < -0.4 is 4.90 Å². The number of methoxy groups -OCH3 is 1. The largest absolute Gasteiger partial charge is 0.391 e. The normalized spacial score (nSPS) is 21.7. The molecule has 0 unspecified atom stereocenters. The zero-order valence-corrected chi connectivity index (χ0v) is 11.9. The van der Waals surface area contributed by atoms with Gasteiger partial charge in [0.2, 0.25) is 0 Å². The molecule has 0 aromatic carbocycles. The minimum atomic E-state index is -0.255. The second-order valence-corrected chi connectivity index (χ2v) is 5.05. The van der Waals surface area contributed by atoms with Crippen LogP contribution in [-0.4, -0.2) is 48.6 Å². The Kier molecular flexibility index (Phi) is 6.66. The summed E-state index contributed by atoms with van der Waals surface area (Å²) in [6, 6.07) is 0.260. The number of nitrogens with zero attached hydrogens (tertiary/aromatic N) is 2. The summed E-state index contributed by atoms with van der Waals surface area (Å²) in [5.74, 6) is 0. The van der Waals surface area contributed by atoms with E-state index < -0.39 is 0 Å². The monoisotopic (exact) mass is 286 g/mol. The SMILES string of the molecule is CCc1csc(N2C[C@H](O)C[C@@H]2COC)n1.O=C=O. The molecule has 1 saturated heterocycles.